The van der Waals surface area contributed by atoms with Crippen molar-refractivity contribution in [3.05, 3.63) is 23.0 Å². The van der Waals surface area contributed by atoms with Crippen LogP contribution in [0.15, 0.2) is 6.07 Å². The number of aryl methyl sites for hydroxylation is 2. The van der Waals surface area contributed by atoms with Gasteiger partial charge in [-0.1, -0.05) is 6.92 Å². The van der Waals surface area contributed by atoms with Crippen molar-refractivity contribution in [1.82, 2.24) is 4.98 Å². The van der Waals surface area contributed by atoms with Gasteiger partial charge in [0.25, 0.3) is 0 Å². The van der Waals surface area contributed by atoms with Crippen LogP contribution in [-0.4, -0.2) is 23.4 Å². The molecule has 2 atom stereocenters. The first-order valence-electron chi connectivity index (χ1n) is 6.99. The summed E-state index contributed by atoms with van der Waals surface area (Å²) in [4.78, 5) is 6.83. The summed E-state index contributed by atoms with van der Waals surface area (Å²) < 4.78 is 0. The van der Waals surface area contributed by atoms with Crippen LogP contribution in [0.4, 0.5) is 5.69 Å². The molecule has 4 nitrogen and oxygen atoms in total. The van der Waals surface area contributed by atoms with Gasteiger partial charge in [-0.2, -0.15) is 0 Å². The summed E-state index contributed by atoms with van der Waals surface area (Å²) in [5, 5.41) is 7.82. The molecule has 0 radical (unpaired) electrons. The largest absolute Gasteiger partial charge is 0.384 e. The Morgan fingerprint density at radius 3 is 2.68 bits per heavy atom. The van der Waals surface area contributed by atoms with Gasteiger partial charge in [0.2, 0.25) is 0 Å². The van der Waals surface area contributed by atoms with Gasteiger partial charge in [-0.05, 0) is 45.6 Å². The standard InChI is InChI=1S/C15H24N4/c1-9-5-6-19(11(3)7-9)13-8-10(2)18-12(4)14(13)15(16)17/h8-9,11H,5-7H2,1-4H3,(H3,16,17). The van der Waals surface area contributed by atoms with Gasteiger partial charge >= 0.3 is 0 Å². The average Bonchev–Trinajstić information content (AvgIpc) is 2.26. The van der Waals surface area contributed by atoms with Crippen LogP contribution in [0.5, 0.6) is 0 Å². The lowest BCUT2D eigenvalue weighted by atomic mass is 9.92. The molecule has 2 unspecified atom stereocenters. The molecule has 2 rings (SSSR count). The van der Waals surface area contributed by atoms with Crippen LogP contribution in [0.25, 0.3) is 0 Å². The number of nitrogens with zero attached hydrogens (tertiary/aromatic N) is 2. The molecule has 1 fully saturated rings. The molecule has 0 aromatic carbocycles. The van der Waals surface area contributed by atoms with Crippen molar-refractivity contribution in [1.29, 1.82) is 5.41 Å². The first kappa shape index (κ1) is 13.8. The van der Waals surface area contributed by atoms with Gasteiger partial charge < -0.3 is 10.6 Å². The number of rotatable bonds is 2. The van der Waals surface area contributed by atoms with Gasteiger partial charge in [0.05, 0.1) is 16.9 Å². The number of hydrogen-bond donors (Lipinski definition) is 2. The van der Waals surface area contributed by atoms with E-state index in [1.54, 1.807) is 0 Å². The van der Waals surface area contributed by atoms with Crippen LogP contribution in [0.3, 0.4) is 0 Å². The van der Waals surface area contributed by atoms with E-state index in [4.69, 9.17) is 11.1 Å². The van der Waals surface area contributed by atoms with E-state index in [1.807, 2.05) is 13.8 Å². The number of aromatic nitrogens is 1. The van der Waals surface area contributed by atoms with Crippen molar-refractivity contribution in [2.45, 2.75) is 46.6 Å². The Hall–Kier alpha value is -1.58. The number of anilines is 1. The first-order valence-corrected chi connectivity index (χ1v) is 6.99. The van der Waals surface area contributed by atoms with Crippen molar-refractivity contribution in [2.24, 2.45) is 11.7 Å². The topological polar surface area (TPSA) is 66.0 Å². The summed E-state index contributed by atoms with van der Waals surface area (Å²) in [7, 11) is 0. The van der Waals surface area contributed by atoms with Crippen molar-refractivity contribution in [2.75, 3.05) is 11.4 Å². The minimum Gasteiger partial charge on any atom is -0.384 e. The molecule has 1 saturated heterocycles. The Kier molecular flexibility index (Phi) is 3.78. The summed E-state index contributed by atoms with van der Waals surface area (Å²) >= 11 is 0. The van der Waals surface area contributed by atoms with E-state index in [0.717, 1.165) is 35.1 Å². The Labute approximate surface area is 115 Å². The lowest BCUT2D eigenvalue weighted by Crippen LogP contribution is -2.41. The average molecular weight is 260 g/mol. The molecule has 0 saturated carbocycles. The van der Waals surface area contributed by atoms with Crippen molar-refractivity contribution < 1.29 is 0 Å². The molecule has 1 aliphatic heterocycles. The fraction of sp³-hybridized carbons (Fsp3) is 0.600. The fourth-order valence-corrected chi connectivity index (χ4v) is 3.13. The number of pyridine rings is 1. The highest BCUT2D eigenvalue weighted by atomic mass is 15.2. The third-order valence-electron chi connectivity index (χ3n) is 4.02. The zero-order valence-corrected chi connectivity index (χ0v) is 12.3. The molecule has 1 aromatic heterocycles. The number of amidine groups is 1. The number of hydrogen-bond acceptors (Lipinski definition) is 3. The van der Waals surface area contributed by atoms with Gasteiger partial charge in [0.1, 0.15) is 5.84 Å². The van der Waals surface area contributed by atoms with Crippen LogP contribution >= 0.6 is 0 Å². The third kappa shape index (κ3) is 2.72. The summed E-state index contributed by atoms with van der Waals surface area (Å²) in [6, 6.07) is 2.55. The second-order valence-corrected chi connectivity index (χ2v) is 5.83. The van der Waals surface area contributed by atoms with Gasteiger partial charge in [0, 0.05) is 18.3 Å². The van der Waals surface area contributed by atoms with Crippen LogP contribution in [0, 0.1) is 25.2 Å². The molecule has 4 heteroatoms. The zero-order chi connectivity index (χ0) is 14.2. The van der Waals surface area contributed by atoms with Crippen molar-refractivity contribution in [3.63, 3.8) is 0 Å². The molecule has 3 N–H and O–H groups in total. The molecule has 104 valence electrons. The Balaban J connectivity index is 2.46. The van der Waals surface area contributed by atoms with Crippen molar-refractivity contribution in [3.8, 4) is 0 Å². The minimum atomic E-state index is 0.117. The summed E-state index contributed by atoms with van der Waals surface area (Å²) in [5.74, 6) is 0.891. The maximum absolute atomic E-state index is 7.82. The highest BCUT2D eigenvalue weighted by Gasteiger charge is 2.26. The number of nitrogen functional groups attached to an aromatic ring is 1. The van der Waals surface area contributed by atoms with Crippen molar-refractivity contribution >= 4 is 11.5 Å². The van der Waals surface area contributed by atoms with Gasteiger partial charge in [-0.25, -0.2) is 0 Å². The van der Waals surface area contributed by atoms with Crippen LogP contribution in [0.1, 0.15) is 43.6 Å². The quantitative estimate of drug-likeness (QED) is 0.634. The predicted molar refractivity (Wildman–Crippen MR) is 79.9 cm³/mol. The Bertz CT molecular complexity index is 495. The lowest BCUT2D eigenvalue weighted by molar-refractivity contribution is 0.377. The number of nitrogens with one attached hydrogen (secondary N) is 1. The summed E-state index contributed by atoms with van der Waals surface area (Å²) in [5.41, 5.74) is 9.48. The van der Waals surface area contributed by atoms with E-state index >= 15 is 0 Å². The van der Waals surface area contributed by atoms with Crippen LogP contribution in [-0.2, 0) is 0 Å². The normalized spacial score (nSPS) is 23.5. The highest BCUT2D eigenvalue weighted by molar-refractivity contribution is 6.01. The first-order chi connectivity index (χ1) is 8.90. The Morgan fingerprint density at radius 1 is 1.42 bits per heavy atom. The summed E-state index contributed by atoms with van der Waals surface area (Å²) in [6.45, 7) is 9.53. The molecule has 19 heavy (non-hydrogen) atoms. The molecular weight excluding hydrogens is 236 g/mol. The maximum atomic E-state index is 7.82. The van der Waals surface area contributed by atoms with Crippen LogP contribution in [0.2, 0.25) is 0 Å². The minimum absolute atomic E-state index is 0.117. The molecule has 0 spiro atoms. The molecule has 1 aliphatic rings. The second-order valence-electron chi connectivity index (χ2n) is 5.83. The SMILES string of the molecule is Cc1cc(N2CCC(C)CC2C)c(C(=N)N)c(C)n1. The molecule has 0 aliphatic carbocycles. The van der Waals surface area contributed by atoms with E-state index in [2.05, 4.69) is 29.8 Å². The van der Waals surface area contributed by atoms with Crippen LogP contribution < -0.4 is 10.6 Å². The van der Waals surface area contributed by atoms with E-state index < -0.39 is 0 Å². The van der Waals surface area contributed by atoms with E-state index in [9.17, 15) is 0 Å². The van der Waals surface area contributed by atoms with E-state index in [-0.39, 0.29) is 5.84 Å². The molecular formula is C15H24N4. The number of nitrogens with two attached hydrogens (primary N) is 1. The predicted octanol–water partition coefficient (Wildman–Crippen LogP) is 2.61. The number of piperidine rings is 1. The van der Waals surface area contributed by atoms with Gasteiger partial charge in [-0.3, -0.25) is 10.4 Å². The molecule has 0 bridgehead atoms. The highest BCUT2D eigenvalue weighted by Crippen LogP contribution is 2.31. The smallest absolute Gasteiger partial charge is 0.126 e. The second kappa shape index (κ2) is 5.19. The zero-order valence-electron chi connectivity index (χ0n) is 12.3. The molecule has 2 heterocycles. The van der Waals surface area contributed by atoms with E-state index in [1.165, 1.54) is 12.8 Å². The maximum Gasteiger partial charge on any atom is 0.126 e. The van der Waals surface area contributed by atoms with Gasteiger partial charge in [0.15, 0.2) is 0 Å². The fourth-order valence-electron chi connectivity index (χ4n) is 3.13. The lowest BCUT2D eigenvalue weighted by Gasteiger charge is -2.39. The van der Waals surface area contributed by atoms with E-state index in [0.29, 0.717) is 6.04 Å². The van der Waals surface area contributed by atoms with Gasteiger partial charge in [-0.15, -0.1) is 0 Å². The third-order valence-corrected chi connectivity index (χ3v) is 4.02. The Morgan fingerprint density at radius 2 is 2.11 bits per heavy atom. The summed E-state index contributed by atoms with van der Waals surface area (Å²) in [6.07, 6.45) is 2.39. The monoisotopic (exact) mass is 260 g/mol. The molecule has 0 amide bonds. The molecule has 1 aromatic rings.